The summed E-state index contributed by atoms with van der Waals surface area (Å²) < 4.78 is 25.7. The number of aliphatic hydroxyl groups excluding tert-OH is 1. The number of likely N-dealkylation sites (N-methyl/N-ethyl adjacent to an activating group) is 1. The van der Waals surface area contributed by atoms with Crippen LogP contribution in [0, 0.1) is 17.3 Å². The predicted molar refractivity (Wildman–Crippen MR) is 160 cm³/mol. The van der Waals surface area contributed by atoms with Crippen molar-refractivity contribution >= 4 is 39.6 Å². The molecule has 1 saturated heterocycles. The Morgan fingerprint density at radius 3 is 2.23 bits per heavy atom. The Labute approximate surface area is 253 Å². The van der Waals surface area contributed by atoms with Gasteiger partial charge in [0.15, 0.2) is 0 Å². The highest BCUT2D eigenvalue weighted by molar-refractivity contribution is 7.89. The maximum absolute atomic E-state index is 13.6. The number of fused-ring (bicyclic) bond motifs is 1. The molecule has 43 heavy (non-hydrogen) atoms. The van der Waals surface area contributed by atoms with Crippen LogP contribution in [0.2, 0.25) is 0 Å². The molecule has 0 saturated carbocycles. The Morgan fingerprint density at radius 2 is 1.74 bits per heavy atom. The van der Waals surface area contributed by atoms with Crippen LogP contribution in [-0.2, 0) is 29.2 Å². The van der Waals surface area contributed by atoms with E-state index in [1.165, 1.54) is 24.9 Å². The number of Topliss-reactive ketones (excluding diaryl/α,β-unsaturated/α-hetero) is 1. The number of nitrogens with one attached hydrogen (secondary N) is 4. The van der Waals surface area contributed by atoms with Crippen molar-refractivity contribution in [2.24, 2.45) is 17.3 Å². The number of urea groups is 1. The molecule has 0 aromatic heterocycles. The van der Waals surface area contributed by atoms with Crippen LogP contribution in [0.4, 0.5) is 4.79 Å². The van der Waals surface area contributed by atoms with E-state index < -0.39 is 75.7 Å². The van der Waals surface area contributed by atoms with Crippen LogP contribution in [0.1, 0.15) is 41.0 Å². The molecule has 1 heterocycles. The number of ketones is 1. The second-order valence-corrected chi connectivity index (χ2v) is 14.2. The third-order valence-electron chi connectivity index (χ3n) is 7.82. The Kier molecular flexibility index (Phi) is 12.5. The zero-order valence-corrected chi connectivity index (χ0v) is 26.6. The number of nitrogens with zero attached hydrogens (tertiary/aromatic N) is 2. The zero-order valence-electron chi connectivity index (χ0n) is 25.8. The van der Waals surface area contributed by atoms with Crippen LogP contribution in [0.5, 0.6) is 0 Å². The maximum Gasteiger partial charge on any atom is 0.315 e. The summed E-state index contributed by atoms with van der Waals surface area (Å²) in [6.07, 6.45) is 5.19. The second-order valence-electron chi connectivity index (χ2n) is 11.8. The van der Waals surface area contributed by atoms with Crippen molar-refractivity contribution in [2.75, 3.05) is 39.0 Å². The zero-order chi connectivity index (χ0) is 32.7. The monoisotopic (exact) mass is 626 g/mol. The minimum atomic E-state index is -3.52. The van der Waals surface area contributed by atoms with Crippen LogP contribution >= 0.6 is 0 Å². The van der Waals surface area contributed by atoms with E-state index in [0.717, 1.165) is 4.31 Å². The quantitative estimate of drug-likeness (QED) is 0.114. The highest BCUT2D eigenvalue weighted by Crippen LogP contribution is 2.39. The van der Waals surface area contributed by atoms with Crippen LogP contribution < -0.4 is 21.3 Å². The summed E-state index contributed by atoms with van der Waals surface area (Å²) >= 11 is 0. The fourth-order valence-corrected chi connectivity index (χ4v) is 5.72. The number of hydrogen-bond acceptors (Lipinski definition) is 8. The van der Waals surface area contributed by atoms with Gasteiger partial charge in [0, 0.05) is 44.6 Å². The lowest BCUT2D eigenvalue weighted by Gasteiger charge is -2.35. The molecule has 0 bridgehead atoms. The van der Waals surface area contributed by atoms with Gasteiger partial charge in [-0.05, 0) is 18.8 Å². The lowest BCUT2D eigenvalue weighted by Crippen LogP contribution is -2.60. The molecule has 2 rings (SSSR count). The highest BCUT2D eigenvalue weighted by Gasteiger charge is 2.50. The Hall–Kier alpha value is -3.30. The molecule has 2 aliphatic rings. The van der Waals surface area contributed by atoms with E-state index in [-0.39, 0.29) is 43.6 Å². The van der Waals surface area contributed by atoms with Crippen LogP contribution in [0.15, 0.2) is 24.8 Å². The predicted octanol–water partition coefficient (Wildman–Crippen LogP) is -0.878. The third-order valence-corrected chi connectivity index (χ3v) is 9.65. The number of likely N-dealkylation sites (tertiary alicyclic amines) is 1. The molecule has 6 atom stereocenters. The lowest BCUT2D eigenvalue weighted by atomic mass is 9.81. The fourth-order valence-electron chi connectivity index (χ4n) is 4.90. The van der Waals surface area contributed by atoms with Gasteiger partial charge in [-0.2, -0.15) is 0 Å². The van der Waals surface area contributed by atoms with E-state index in [1.54, 1.807) is 13.0 Å². The van der Waals surface area contributed by atoms with E-state index in [1.807, 2.05) is 26.8 Å². The maximum atomic E-state index is 13.6. The smallest absolute Gasteiger partial charge is 0.315 e. The number of carbonyl (C=O) groups excluding carboxylic acids is 5. The molecule has 15 heteroatoms. The summed E-state index contributed by atoms with van der Waals surface area (Å²) in [7, 11) is -2.10. The van der Waals surface area contributed by atoms with E-state index in [0.29, 0.717) is 0 Å². The van der Waals surface area contributed by atoms with Crippen molar-refractivity contribution in [2.45, 2.75) is 65.2 Å². The lowest BCUT2D eigenvalue weighted by molar-refractivity contribution is -0.143. The summed E-state index contributed by atoms with van der Waals surface area (Å²) in [6.45, 7) is 11.6. The van der Waals surface area contributed by atoms with E-state index >= 15 is 0 Å². The van der Waals surface area contributed by atoms with Crippen molar-refractivity contribution < 1.29 is 37.5 Å². The summed E-state index contributed by atoms with van der Waals surface area (Å²) in [6, 6.07) is -4.98. The SMILES string of the molecule is C=CCNC(=O)C(=O)[C@H](CC)NC(=O)[C@@H]1[C@H]2C=C[C@H]2CN1C(=O)[C@H](CO)NC(=O)N[C@H](CN(C)S(=O)(=O)CC)C(C)(C)C. The molecule has 0 unspecified atom stereocenters. The van der Waals surface area contributed by atoms with E-state index in [9.17, 15) is 37.5 Å². The second kappa shape index (κ2) is 14.9. The molecular weight excluding hydrogens is 580 g/mol. The molecule has 1 aliphatic heterocycles. The van der Waals surface area contributed by atoms with Gasteiger partial charge in [0.2, 0.25) is 27.6 Å². The Bertz CT molecular complexity index is 1210. The molecule has 5 amide bonds. The number of rotatable bonds is 15. The largest absolute Gasteiger partial charge is 0.394 e. The minimum Gasteiger partial charge on any atom is -0.394 e. The molecule has 14 nitrogen and oxygen atoms in total. The normalized spacial score (nSPS) is 21.6. The highest BCUT2D eigenvalue weighted by atomic mass is 32.2. The Balaban J connectivity index is 2.16. The molecule has 0 spiro atoms. The van der Waals surface area contributed by atoms with Crippen molar-refractivity contribution in [1.29, 1.82) is 0 Å². The number of carbonyl (C=O) groups is 5. The Morgan fingerprint density at radius 1 is 1.09 bits per heavy atom. The van der Waals surface area contributed by atoms with Gasteiger partial charge in [-0.25, -0.2) is 17.5 Å². The topological polar surface area (TPSA) is 194 Å². The average molecular weight is 627 g/mol. The number of amides is 5. The van der Waals surface area contributed by atoms with Crippen molar-refractivity contribution in [3.8, 4) is 0 Å². The first-order valence-electron chi connectivity index (χ1n) is 14.4. The van der Waals surface area contributed by atoms with Crippen molar-refractivity contribution in [3.05, 3.63) is 24.8 Å². The van der Waals surface area contributed by atoms with Crippen LogP contribution in [0.3, 0.4) is 0 Å². The van der Waals surface area contributed by atoms with Gasteiger partial charge in [0.1, 0.15) is 12.1 Å². The average Bonchev–Trinajstić information content (AvgIpc) is 3.20. The summed E-state index contributed by atoms with van der Waals surface area (Å²) in [5.41, 5.74) is -0.563. The van der Waals surface area contributed by atoms with Gasteiger partial charge in [-0.15, -0.1) is 6.58 Å². The number of sulfonamides is 1. The molecular formula is C28H46N6O8S. The first kappa shape index (κ1) is 35.9. The van der Waals surface area contributed by atoms with Gasteiger partial charge >= 0.3 is 6.03 Å². The van der Waals surface area contributed by atoms with Crippen LogP contribution in [0.25, 0.3) is 0 Å². The first-order valence-corrected chi connectivity index (χ1v) is 16.0. The van der Waals surface area contributed by atoms with Crippen LogP contribution in [-0.4, -0.2) is 115 Å². The van der Waals surface area contributed by atoms with Crippen molar-refractivity contribution in [1.82, 2.24) is 30.5 Å². The molecule has 5 N–H and O–H groups in total. The van der Waals surface area contributed by atoms with Gasteiger partial charge in [-0.3, -0.25) is 19.2 Å². The summed E-state index contributed by atoms with van der Waals surface area (Å²) in [5.74, 6) is -3.58. The molecule has 1 aliphatic carbocycles. The molecule has 0 aromatic carbocycles. The molecule has 242 valence electrons. The third kappa shape index (κ3) is 8.86. The van der Waals surface area contributed by atoms with E-state index in [4.69, 9.17) is 0 Å². The first-order chi connectivity index (χ1) is 20.0. The molecule has 1 fully saturated rings. The summed E-state index contributed by atoms with van der Waals surface area (Å²) in [4.78, 5) is 66.0. The van der Waals surface area contributed by atoms with Gasteiger partial charge in [0.05, 0.1) is 18.4 Å². The molecule has 0 radical (unpaired) electrons. The number of hydrogen-bond donors (Lipinski definition) is 5. The van der Waals surface area contributed by atoms with Crippen molar-refractivity contribution in [3.63, 3.8) is 0 Å². The van der Waals surface area contributed by atoms with Gasteiger partial charge < -0.3 is 31.3 Å². The fraction of sp³-hybridized carbons (Fsp3) is 0.679. The molecule has 0 aromatic rings. The summed E-state index contributed by atoms with van der Waals surface area (Å²) in [5, 5.41) is 20.2. The van der Waals surface area contributed by atoms with Gasteiger partial charge in [-0.1, -0.05) is 45.9 Å². The standard InChI is InChI=1S/C28H46N6O8S/c1-8-13-29-25(38)23(36)19(9-2)30-24(37)22-18-12-11-17(18)14-34(22)26(39)20(16-35)31-27(40)32-21(28(4,5)6)15-33(7)43(41,42)10-3/h8,11-12,17-22,35H,1,9-10,13-16H2,2-7H3,(H,29,38)(H,30,37)(H2,31,32,40)/t17-,18-,19-,20-,21+,22-/m0/s1. The minimum absolute atomic E-state index is 0.0167. The van der Waals surface area contributed by atoms with E-state index in [2.05, 4.69) is 27.8 Å². The van der Waals surface area contributed by atoms with Gasteiger partial charge in [0.25, 0.3) is 5.91 Å². The number of aliphatic hydroxyl groups is 1.